The molecule has 21 heavy (non-hydrogen) atoms. The number of nitrogens with two attached hydrogens (primary N) is 1. The van der Waals surface area contributed by atoms with Crippen molar-refractivity contribution >= 4 is 38.9 Å². The summed E-state index contributed by atoms with van der Waals surface area (Å²) < 4.78 is 3.10. The van der Waals surface area contributed by atoms with Gasteiger partial charge < -0.3 is 5.73 Å². The maximum atomic E-state index is 5.91. The van der Waals surface area contributed by atoms with E-state index in [1.807, 2.05) is 48.5 Å². The molecular formula is C15H12BrN5. The van der Waals surface area contributed by atoms with Gasteiger partial charge in [-0.3, -0.25) is 9.88 Å². The zero-order valence-electron chi connectivity index (χ0n) is 11.0. The van der Waals surface area contributed by atoms with E-state index in [1.165, 1.54) is 0 Å². The van der Waals surface area contributed by atoms with E-state index < -0.39 is 0 Å². The molecule has 0 spiro atoms. The monoisotopic (exact) mass is 341 g/mol. The summed E-state index contributed by atoms with van der Waals surface area (Å²) in [4.78, 5) is 9.12. The first-order valence-corrected chi connectivity index (χ1v) is 7.34. The summed E-state index contributed by atoms with van der Waals surface area (Å²) in [5.41, 5.74) is 8.92. The fraction of sp³-hybridized carbons (Fsp3) is 0.0667. The van der Waals surface area contributed by atoms with Crippen molar-refractivity contribution in [3.63, 3.8) is 0 Å². The van der Waals surface area contributed by atoms with Crippen LogP contribution in [0.3, 0.4) is 0 Å². The van der Waals surface area contributed by atoms with Gasteiger partial charge in [-0.1, -0.05) is 40.2 Å². The fourth-order valence-corrected chi connectivity index (χ4v) is 2.84. The zero-order valence-corrected chi connectivity index (χ0v) is 12.6. The van der Waals surface area contributed by atoms with Crippen molar-refractivity contribution in [2.75, 3.05) is 5.32 Å². The van der Waals surface area contributed by atoms with Gasteiger partial charge >= 0.3 is 0 Å². The molecule has 5 nitrogen and oxygen atoms in total. The van der Waals surface area contributed by atoms with Crippen LogP contribution in [0.25, 0.3) is 11.0 Å². The van der Waals surface area contributed by atoms with Gasteiger partial charge in [-0.15, -0.1) is 0 Å². The Labute approximate surface area is 129 Å². The molecule has 1 aromatic heterocycles. The third-order valence-electron chi connectivity index (χ3n) is 3.51. The highest BCUT2D eigenvalue weighted by Crippen LogP contribution is 2.32. The van der Waals surface area contributed by atoms with Crippen LogP contribution >= 0.6 is 15.9 Å². The van der Waals surface area contributed by atoms with Crippen LogP contribution in [0.2, 0.25) is 0 Å². The van der Waals surface area contributed by atoms with Gasteiger partial charge in [0.1, 0.15) is 0 Å². The average molecular weight is 342 g/mol. The SMILES string of the molecule is NC1=N[C@@H](c2ccc(Br)cc2)n2c(nc3ccccc32)N1. The van der Waals surface area contributed by atoms with E-state index in [9.17, 15) is 0 Å². The summed E-state index contributed by atoms with van der Waals surface area (Å²) in [5, 5.41) is 3.03. The number of fused-ring (bicyclic) bond motifs is 3. The van der Waals surface area contributed by atoms with Crippen LogP contribution < -0.4 is 11.1 Å². The number of halogens is 1. The highest BCUT2D eigenvalue weighted by Gasteiger charge is 2.24. The second-order valence-electron chi connectivity index (χ2n) is 4.86. The molecule has 0 aliphatic carbocycles. The van der Waals surface area contributed by atoms with Crippen LogP contribution in [0.15, 0.2) is 58.0 Å². The Bertz CT molecular complexity index is 850. The predicted octanol–water partition coefficient (Wildman–Crippen LogP) is 3.09. The number of hydrogen-bond acceptors (Lipinski definition) is 4. The zero-order chi connectivity index (χ0) is 14.4. The lowest BCUT2D eigenvalue weighted by atomic mass is 10.1. The maximum absolute atomic E-state index is 5.91. The second kappa shape index (κ2) is 4.60. The van der Waals surface area contributed by atoms with E-state index in [0.29, 0.717) is 5.96 Å². The number of aliphatic imine (C=N–C) groups is 1. The van der Waals surface area contributed by atoms with Crippen LogP contribution in [-0.4, -0.2) is 15.5 Å². The average Bonchev–Trinajstić information content (AvgIpc) is 2.85. The van der Waals surface area contributed by atoms with Crippen molar-refractivity contribution in [2.24, 2.45) is 10.7 Å². The molecule has 3 aromatic rings. The number of para-hydroxylation sites is 2. The fourth-order valence-electron chi connectivity index (χ4n) is 2.58. The van der Waals surface area contributed by atoms with Crippen molar-refractivity contribution in [2.45, 2.75) is 6.17 Å². The van der Waals surface area contributed by atoms with Gasteiger partial charge in [0.25, 0.3) is 0 Å². The molecule has 0 saturated heterocycles. The molecule has 0 unspecified atom stereocenters. The molecule has 1 aliphatic heterocycles. The largest absolute Gasteiger partial charge is 0.370 e. The number of anilines is 1. The second-order valence-corrected chi connectivity index (χ2v) is 5.77. The highest BCUT2D eigenvalue weighted by molar-refractivity contribution is 9.10. The number of nitrogens with zero attached hydrogens (tertiary/aromatic N) is 3. The Hall–Kier alpha value is -2.34. The van der Waals surface area contributed by atoms with Gasteiger partial charge in [0.15, 0.2) is 12.1 Å². The van der Waals surface area contributed by atoms with E-state index in [4.69, 9.17) is 5.73 Å². The Morgan fingerprint density at radius 1 is 1.10 bits per heavy atom. The molecule has 104 valence electrons. The van der Waals surface area contributed by atoms with Crippen molar-refractivity contribution < 1.29 is 0 Å². The smallest absolute Gasteiger partial charge is 0.212 e. The lowest BCUT2D eigenvalue weighted by Crippen LogP contribution is -2.31. The first-order chi connectivity index (χ1) is 10.2. The molecule has 3 N–H and O–H groups in total. The van der Waals surface area contributed by atoms with Crippen molar-refractivity contribution in [3.05, 3.63) is 58.6 Å². The van der Waals surface area contributed by atoms with E-state index in [-0.39, 0.29) is 6.17 Å². The summed E-state index contributed by atoms with van der Waals surface area (Å²) in [6.45, 7) is 0. The van der Waals surface area contributed by atoms with E-state index in [1.54, 1.807) is 0 Å². The van der Waals surface area contributed by atoms with Crippen LogP contribution in [0.4, 0.5) is 5.95 Å². The Morgan fingerprint density at radius 2 is 1.86 bits per heavy atom. The van der Waals surface area contributed by atoms with Gasteiger partial charge in [-0.25, -0.2) is 9.98 Å². The molecule has 0 bridgehead atoms. The maximum Gasteiger partial charge on any atom is 0.212 e. The van der Waals surface area contributed by atoms with Gasteiger partial charge in [-0.05, 0) is 29.8 Å². The number of aromatic nitrogens is 2. The number of rotatable bonds is 1. The third kappa shape index (κ3) is 1.99. The lowest BCUT2D eigenvalue weighted by molar-refractivity contribution is 0.626. The first-order valence-electron chi connectivity index (χ1n) is 6.55. The summed E-state index contributed by atoms with van der Waals surface area (Å²) in [7, 11) is 0. The number of imidazole rings is 1. The Balaban J connectivity index is 1.95. The summed E-state index contributed by atoms with van der Waals surface area (Å²) in [6, 6.07) is 16.1. The van der Waals surface area contributed by atoms with Gasteiger partial charge in [0.2, 0.25) is 5.95 Å². The van der Waals surface area contributed by atoms with E-state index in [0.717, 1.165) is 27.0 Å². The van der Waals surface area contributed by atoms with Crippen molar-refractivity contribution in [1.82, 2.24) is 9.55 Å². The minimum absolute atomic E-state index is 0.207. The van der Waals surface area contributed by atoms with E-state index in [2.05, 4.69) is 35.8 Å². The number of benzene rings is 2. The van der Waals surface area contributed by atoms with Crippen LogP contribution in [0.5, 0.6) is 0 Å². The Morgan fingerprint density at radius 3 is 2.67 bits per heavy atom. The molecule has 1 aliphatic rings. The quantitative estimate of drug-likeness (QED) is 0.714. The van der Waals surface area contributed by atoms with Gasteiger partial charge in [0.05, 0.1) is 11.0 Å². The standard InChI is InChI=1S/C15H12BrN5/c16-10-7-5-9(6-8-10)13-19-14(17)20-15-18-11-3-1-2-4-12(11)21(13)15/h1-8,13H,(H3,17,18,19,20)/t13-/m1/s1. The van der Waals surface area contributed by atoms with Crippen LogP contribution in [-0.2, 0) is 0 Å². The van der Waals surface area contributed by atoms with E-state index >= 15 is 0 Å². The number of nitrogens with one attached hydrogen (secondary N) is 1. The molecule has 2 heterocycles. The molecule has 4 rings (SSSR count). The van der Waals surface area contributed by atoms with Crippen LogP contribution in [0.1, 0.15) is 11.7 Å². The molecule has 2 aromatic carbocycles. The summed E-state index contributed by atoms with van der Waals surface area (Å²) >= 11 is 3.45. The van der Waals surface area contributed by atoms with Crippen molar-refractivity contribution in [3.8, 4) is 0 Å². The normalized spacial score (nSPS) is 17.2. The highest BCUT2D eigenvalue weighted by atomic mass is 79.9. The predicted molar refractivity (Wildman–Crippen MR) is 87.3 cm³/mol. The molecule has 0 saturated carbocycles. The van der Waals surface area contributed by atoms with Gasteiger partial charge in [0, 0.05) is 4.47 Å². The number of hydrogen-bond donors (Lipinski definition) is 2. The lowest BCUT2D eigenvalue weighted by Gasteiger charge is -2.23. The van der Waals surface area contributed by atoms with Gasteiger partial charge in [-0.2, -0.15) is 0 Å². The number of guanidine groups is 1. The molecule has 0 amide bonds. The minimum atomic E-state index is -0.207. The molecular weight excluding hydrogens is 330 g/mol. The van der Waals surface area contributed by atoms with Crippen LogP contribution in [0, 0.1) is 0 Å². The Kier molecular flexibility index (Phi) is 2.71. The van der Waals surface area contributed by atoms with Crippen molar-refractivity contribution in [1.29, 1.82) is 0 Å². The molecule has 6 heteroatoms. The first kappa shape index (κ1) is 12.4. The topological polar surface area (TPSA) is 68.2 Å². The summed E-state index contributed by atoms with van der Waals surface area (Å²) in [5.74, 6) is 1.10. The molecule has 0 radical (unpaired) electrons. The molecule has 0 fully saturated rings. The third-order valence-corrected chi connectivity index (χ3v) is 4.04. The minimum Gasteiger partial charge on any atom is -0.370 e. The summed E-state index contributed by atoms with van der Waals surface area (Å²) in [6.07, 6.45) is -0.207. The molecule has 1 atom stereocenters.